The molecule has 0 radical (unpaired) electrons. The molecule has 0 saturated carbocycles. The van der Waals surface area contributed by atoms with Gasteiger partial charge in [-0.1, -0.05) is 18.2 Å². The van der Waals surface area contributed by atoms with Crippen molar-refractivity contribution in [1.82, 2.24) is 0 Å². The van der Waals surface area contributed by atoms with Crippen molar-refractivity contribution >= 4 is 8.07 Å². The Kier molecular flexibility index (Phi) is 5.67. The van der Waals surface area contributed by atoms with Crippen LogP contribution in [0.4, 0.5) is 0 Å². The first-order valence-corrected chi connectivity index (χ1v) is 7.33. The number of hydrogen-bond donors (Lipinski definition) is 1. The molecule has 1 unspecified atom stereocenters. The van der Waals surface area contributed by atoms with E-state index in [1.54, 1.807) is 0 Å². The van der Waals surface area contributed by atoms with E-state index in [1.807, 2.05) is 25.2 Å². The number of aliphatic hydroxyl groups is 1. The summed E-state index contributed by atoms with van der Waals surface area (Å²) in [6, 6.07) is 2.80. The van der Waals surface area contributed by atoms with Crippen LogP contribution in [-0.4, -0.2) is 18.9 Å². The summed E-state index contributed by atoms with van der Waals surface area (Å²) in [5.74, 6) is 0. The van der Waals surface area contributed by atoms with Crippen molar-refractivity contribution in [2.75, 3.05) is 0 Å². The van der Waals surface area contributed by atoms with Crippen LogP contribution in [0, 0.1) is 0 Å². The third-order valence-electron chi connectivity index (χ3n) is 2.54. The summed E-state index contributed by atoms with van der Waals surface area (Å²) < 4.78 is 0. The fourth-order valence-corrected chi connectivity index (χ4v) is 4.87. The van der Waals surface area contributed by atoms with Gasteiger partial charge >= 0.3 is 0 Å². The van der Waals surface area contributed by atoms with E-state index in [2.05, 4.69) is 19.7 Å². The molecule has 1 N–H and O–H groups in total. The lowest BCUT2D eigenvalue weighted by atomic mass is 10.7. The Bertz CT molecular complexity index is 158. The van der Waals surface area contributed by atoms with Gasteiger partial charge in [-0.3, -0.25) is 0 Å². The van der Waals surface area contributed by atoms with Gasteiger partial charge < -0.3 is 5.11 Å². The van der Waals surface area contributed by atoms with E-state index in [9.17, 15) is 5.11 Å². The second-order valence-corrected chi connectivity index (χ2v) is 8.30. The van der Waals surface area contributed by atoms with Gasteiger partial charge in [-0.15, -0.1) is 19.7 Å². The standard InChI is InChI=1S/C11H20OSi/c1-5-8-13(9-6-2,10-7-3)11(4)12/h5-7,11-12H,1-3,8-10H2,4H3. The van der Waals surface area contributed by atoms with Gasteiger partial charge in [-0.2, -0.15) is 0 Å². The monoisotopic (exact) mass is 196 g/mol. The highest BCUT2D eigenvalue weighted by Gasteiger charge is 2.34. The van der Waals surface area contributed by atoms with Crippen LogP contribution < -0.4 is 0 Å². The van der Waals surface area contributed by atoms with Crippen LogP contribution in [0.3, 0.4) is 0 Å². The molecule has 1 atom stereocenters. The third kappa shape index (κ3) is 3.33. The molecule has 0 saturated heterocycles. The molecule has 0 amide bonds. The molecular formula is C11H20OSi. The predicted molar refractivity (Wildman–Crippen MR) is 62.4 cm³/mol. The van der Waals surface area contributed by atoms with E-state index >= 15 is 0 Å². The van der Waals surface area contributed by atoms with Crippen LogP contribution in [-0.2, 0) is 0 Å². The highest BCUT2D eigenvalue weighted by molar-refractivity contribution is 6.82. The Hall–Kier alpha value is -0.603. The quantitative estimate of drug-likeness (QED) is 0.490. The first-order chi connectivity index (χ1) is 6.13. The molecule has 0 aromatic carbocycles. The van der Waals surface area contributed by atoms with Crippen LogP contribution in [0.1, 0.15) is 6.92 Å². The molecule has 0 aliphatic heterocycles. The molecule has 0 spiro atoms. The summed E-state index contributed by atoms with van der Waals surface area (Å²) in [5.41, 5.74) is -0.221. The molecule has 0 aliphatic rings. The Morgan fingerprint density at radius 3 is 1.54 bits per heavy atom. The van der Waals surface area contributed by atoms with Crippen LogP contribution in [0.25, 0.3) is 0 Å². The fourth-order valence-electron chi connectivity index (χ4n) is 1.62. The maximum atomic E-state index is 9.77. The summed E-state index contributed by atoms with van der Waals surface area (Å²) in [7, 11) is -1.67. The molecule has 74 valence electrons. The Morgan fingerprint density at radius 2 is 1.38 bits per heavy atom. The van der Waals surface area contributed by atoms with Crippen LogP contribution in [0.15, 0.2) is 38.0 Å². The van der Waals surface area contributed by atoms with Gasteiger partial charge in [-0.05, 0) is 25.1 Å². The molecule has 0 fully saturated rings. The summed E-state index contributed by atoms with van der Waals surface area (Å²) in [6.07, 6.45) is 5.73. The van der Waals surface area contributed by atoms with E-state index in [0.29, 0.717) is 0 Å². The Morgan fingerprint density at radius 1 is 1.08 bits per heavy atom. The summed E-state index contributed by atoms with van der Waals surface area (Å²) in [5, 5.41) is 9.77. The second kappa shape index (κ2) is 5.94. The van der Waals surface area contributed by atoms with Crippen molar-refractivity contribution in [1.29, 1.82) is 0 Å². The molecule has 0 bridgehead atoms. The maximum absolute atomic E-state index is 9.77. The number of allylic oxidation sites excluding steroid dienone is 3. The van der Waals surface area contributed by atoms with Crippen molar-refractivity contribution in [3.05, 3.63) is 38.0 Å². The fraction of sp³-hybridized carbons (Fsp3) is 0.455. The minimum absolute atomic E-state index is 0.221. The molecule has 13 heavy (non-hydrogen) atoms. The van der Waals surface area contributed by atoms with Crippen molar-refractivity contribution < 1.29 is 5.11 Å². The number of aliphatic hydroxyl groups excluding tert-OH is 1. The zero-order valence-electron chi connectivity index (χ0n) is 8.50. The van der Waals surface area contributed by atoms with E-state index in [0.717, 1.165) is 18.1 Å². The minimum atomic E-state index is -1.67. The van der Waals surface area contributed by atoms with Gasteiger partial charge in [-0.25, -0.2) is 0 Å². The van der Waals surface area contributed by atoms with Crippen LogP contribution in [0.5, 0.6) is 0 Å². The molecule has 0 aliphatic carbocycles. The largest absolute Gasteiger partial charge is 0.397 e. The SMILES string of the molecule is C=CC[Si](CC=C)(CC=C)C(C)O. The van der Waals surface area contributed by atoms with E-state index in [4.69, 9.17) is 0 Å². The lowest BCUT2D eigenvalue weighted by Crippen LogP contribution is -2.44. The predicted octanol–water partition coefficient (Wildman–Crippen LogP) is 2.91. The van der Waals surface area contributed by atoms with Crippen molar-refractivity contribution in [2.24, 2.45) is 0 Å². The highest BCUT2D eigenvalue weighted by atomic mass is 28.3. The van der Waals surface area contributed by atoms with Gasteiger partial charge in [0.15, 0.2) is 0 Å². The van der Waals surface area contributed by atoms with Crippen LogP contribution in [0.2, 0.25) is 18.1 Å². The normalized spacial score (nSPS) is 13.4. The third-order valence-corrected chi connectivity index (χ3v) is 7.62. The lowest BCUT2D eigenvalue weighted by molar-refractivity contribution is 0.262. The summed E-state index contributed by atoms with van der Waals surface area (Å²) in [4.78, 5) is 0. The van der Waals surface area contributed by atoms with E-state index in [1.165, 1.54) is 0 Å². The second-order valence-electron chi connectivity index (χ2n) is 3.52. The Labute approximate surface area is 82.5 Å². The molecule has 0 aromatic heterocycles. The molecule has 1 nitrogen and oxygen atoms in total. The van der Waals surface area contributed by atoms with Gasteiger partial charge in [0.25, 0.3) is 0 Å². The lowest BCUT2D eigenvalue weighted by Gasteiger charge is -2.31. The van der Waals surface area contributed by atoms with Crippen molar-refractivity contribution in [3.63, 3.8) is 0 Å². The number of rotatable bonds is 7. The number of hydrogen-bond acceptors (Lipinski definition) is 1. The summed E-state index contributed by atoms with van der Waals surface area (Å²) in [6.45, 7) is 13.1. The molecule has 2 heteroatoms. The average molecular weight is 196 g/mol. The molecule has 0 rings (SSSR count). The zero-order valence-corrected chi connectivity index (χ0v) is 9.50. The topological polar surface area (TPSA) is 20.2 Å². The smallest absolute Gasteiger partial charge is 0.0979 e. The summed E-state index contributed by atoms with van der Waals surface area (Å²) >= 11 is 0. The van der Waals surface area contributed by atoms with Gasteiger partial charge in [0.1, 0.15) is 0 Å². The highest BCUT2D eigenvalue weighted by Crippen LogP contribution is 2.26. The minimum Gasteiger partial charge on any atom is -0.397 e. The maximum Gasteiger partial charge on any atom is 0.0979 e. The van der Waals surface area contributed by atoms with E-state index < -0.39 is 8.07 Å². The van der Waals surface area contributed by atoms with Crippen LogP contribution >= 0.6 is 0 Å². The first-order valence-electron chi connectivity index (χ1n) is 4.63. The van der Waals surface area contributed by atoms with Crippen molar-refractivity contribution in [2.45, 2.75) is 30.8 Å². The zero-order chi connectivity index (χ0) is 10.3. The van der Waals surface area contributed by atoms with Gasteiger partial charge in [0.05, 0.1) is 8.07 Å². The Balaban J connectivity index is 4.65. The molecule has 0 aromatic rings. The molecular weight excluding hydrogens is 176 g/mol. The molecule has 0 heterocycles. The van der Waals surface area contributed by atoms with E-state index in [-0.39, 0.29) is 5.73 Å². The van der Waals surface area contributed by atoms with Gasteiger partial charge in [0.2, 0.25) is 0 Å². The van der Waals surface area contributed by atoms with Crippen molar-refractivity contribution in [3.8, 4) is 0 Å². The first kappa shape index (κ1) is 12.4. The van der Waals surface area contributed by atoms with Gasteiger partial charge in [0, 0.05) is 5.73 Å². The average Bonchev–Trinajstić information content (AvgIpc) is 2.05.